The van der Waals surface area contributed by atoms with E-state index < -0.39 is 0 Å². The van der Waals surface area contributed by atoms with Gasteiger partial charge in [0.05, 0.1) is 6.61 Å². The highest BCUT2D eigenvalue weighted by atomic mass is 79.9. The Morgan fingerprint density at radius 2 is 2.14 bits per heavy atom. The van der Waals surface area contributed by atoms with Crippen molar-refractivity contribution < 1.29 is 9.53 Å². The molecule has 0 aromatic heterocycles. The van der Waals surface area contributed by atoms with Crippen LogP contribution in [-0.2, 0) is 9.53 Å². The molecule has 0 aliphatic rings. The predicted molar refractivity (Wildman–Crippen MR) is 63.0 cm³/mol. The summed E-state index contributed by atoms with van der Waals surface area (Å²) in [6.45, 7) is 10.1. The lowest BCUT2D eigenvalue weighted by Gasteiger charge is -2.26. The van der Waals surface area contributed by atoms with E-state index in [2.05, 4.69) is 43.3 Å². The molecule has 0 rings (SSSR count). The fourth-order valence-corrected chi connectivity index (χ4v) is 0.861. The van der Waals surface area contributed by atoms with Crippen LogP contribution in [0.3, 0.4) is 0 Å². The topological polar surface area (TPSA) is 61.3 Å². The van der Waals surface area contributed by atoms with Gasteiger partial charge in [0.25, 0.3) is 0 Å². The third-order valence-corrected chi connectivity index (χ3v) is 3.52. The van der Waals surface area contributed by atoms with Crippen molar-refractivity contribution in [2.75, 3.05) is 6.61 Å². The number of carbonyl (C=O) groups excluding carboxylic acids is 1. The first-order valence-corrected chi connectivity index (χ1v) is 5.17. The maximum absolute atomic E-state index is 10.7. The number of esters is 1. The van der Waals surface area contributed by atoms with Crippen molar-refractivity contribution in [3.8, 4) is 0 Å². The second-order valence-electron chi connectivity index (χ2n) is 3.55. The van der Waals surface area contributed by atoms with E-state index in [1.807, 2.05) is 0 Å². The Balaban J connectivity index is 0. The molecule has 84 valence electrons. The maximum atomic E-state index is 10.7. The molecule has 0 spiro atoms. The van der Waals surface area contributed by atoms with Crippen LogP contribution in [0.1, 0.15) is 27.2 Å². The fraction of sp³-hybridized carbons (Fsp3) is 0.700. The minimum absolute atomic E-state index is 0. The van der Waals surface area contributed by atoms with Crippen LogP contribution in [0, 0.1) is 5.92 Å². The summed E-state index contributed by atoms with van der Waals surface area (Å²) < 4.78 is 4.93. The zero-order chi connectivity index (χ0) is 10.5. The summed E-state index contributed by atoms with van der Waals surface area (Å²) >= 11 is 3.60. The molecule has 0 aliphatic carbocycles. The van der Waals surface area contributed by atoms with Gasteiger partial charge in [0.1, 0.15) is 0 Å². The number of hydrogen-bond donors (Lipinski definition) is 1. The summed E-state index contributed by atoms with van der Waals surface area (Å²) in [6, 6.07) is 0. The highest BCUT2D eigenvalue weighted by molar-refractivity contribution is 9.10. The Labute approximate surface area is 94.6 Å². The second-order valence-corrected chi connectivity index (χ2v) is 5.37. The van der Waals surface area contributed by atoms with Crippen molar-refractivity contribution >= 4 is 21.9 Å². The second kappa shape index (κ2) is 7.01. The lowest BCUT2D eigenvalue weighted by molar-refractivity contribution is -0.138. The molecule has 0 aromatic carbocycles. The molecule has 1 atom stereocenters. The number of hydrogen-bond acceptors (Lipinski definition) is 3. The normalized spacial score (nSPS) is 14.1. The van der Waals surface area contributed by atoms with Gasteiger partial charge in [0.15, 0.2) is 0 Å². The Morgan fingerprint density at radius 1 is 1.64 bits per heavy atom. The van der Waals surface area contributed by atoms with Crippen molar-refractivity contribution in [2.45, 2.75) is 31.5 Å². The summed E-state index contributed by atoms with van der Waals surface area (Å²) in [5.74, 6) is 0.155. The van der Waals surface area contributed by atoms with Crippen LogP contribution in [0.2, 0.25) is 0 Å². The molecule has 0 bridgehead atoms. The molecular weight excluding hydrogens is 246 g/mol. The van der Waals surface area contributed by atoms with Crippen molar-refractivity contribution in [1.82, 2.24) is 6.15 Å². The smallest absolute Gasteiger partial charge is 0.330 e. The molecule has 0 fully saturated rings. The molecule has 14 heavy (non-hydrogen) atoms. The molecule has 0 saturated carbocycles. The number of ether oxygens (including phenoxy) is 1. The van der Waals surface area contributed by atoms with Crippen molar-refractivity contribution in [2.24, 2.45) is 5.92 Å². The number of alkyl halides is 1. The minimum Gasteiger partial charge on any atom is -0.462 e. The Kier molecular flexibility index (Phi) is 8.06. The summed E-state index contributed by atoms with van der Waals surface area (Å²) in [5.41, 5.74) is 0. The monoisotopic (exact) mass is 265 g/mol. The van der Waals surface area contributed by atoms with E-state index in [1.165, 1.54) is 6.08 Å². The van der Waals surface area contributed by atoms with Gasteiger partial charge in [-0.05, 0) is 19.3 Å². The summed E-state index contributed by atoms with van der Waals surface area (Å²) in [4.78, 5) is 10.7. The molecule has 0 amide bonds. The van der Waals surface area contributed by atoms with Gasteiger partial charge in [-0.15, -0.1) is 0 Å². The van der Waals surface area contributed by atoms with Crippen molar-refractivity contribution in [3.63, 3.8) is 0 Å². The van der Waals surface area contributed by atoms with Gasteiger partial charge in [-0.2, -0.15) is 0 Å². The van der Waals surface area contributed by atoms with Crippen molar-refractivity contribution in [1.29, 1.82) is 0 Å². The molecule has 0 aliphatic heterocycles. The van der Waals surface area contributed by atoms with E-state index in [9.17, 15) is 4.79 Å². The van der Waals surface area contributed by atoms with Gasteiger partial charge in [-0.1, -0.05) is 36.4 Å². The maximum Gasteiger partial charge on any atom is 0.330 e. The minimum atomic E-state index is -0.355. The lowest BCUT2D eigenvalue weighted by atomic mass is 9.95. The average Bonchev–Trinajstić information content (AvgIpc) is 2.03. The Bertz CT molecular complexity index is 191. The highest BCUT2D eigenvalue weighted by Gasteiger charge is 2.24. The van der Waals surface area contributed by atoms with Gasteiger partial charge in [0.2, 0.25) is 0 Å². The average molecular weight is 266 g/mol. The first kappa shape index (κ1) is 16.1. The first-order valence-electron chi connectivity index (χ1n) is 4.38. The lowest BCUT2D eigenvalue weighted by Crippen LogP contribution is -2.25. The van der Waals surface area contributed by atoms with E-state index in [0.717, 1.165) is 6.42 Å². The third-order valence-electron chi connectivity index (χ3n) is 2.21. The van der Waals surface area contributed by atoms with Gasteiger partial charge < -0.3 is 10.9 Å². The standard InChI is InChI=1S/C10H17BrO2.H3N/c1-5-9(12)13-7-6-10(4,11)8(2)3;/h5,8H,1,6-7H2,2-4H3;1H3. The molecule has 1 unspecified atom stereocenters. The Morgan fingerprint density at radius 3 is 2.50 bits per heavy atom. The molecule has 0 saturated heterocycles. The van der Waals surface area contributed by atoms with Gasteiger partial charge in [0, 0.05) is 10.4 Å². The Hall–Kier alpha value is -0.350. The first-order chi connectivity index (χ1) is 5.90. The number of carbonyl (C=O) groups is 1. The molecule has 0 heterocycles. The predicted octanol–water partition coefficient (Wildman–Crippen LogP) is 3.08. The molecule has 0 aromatic rings. The number of halogens is 1. The zero-order valence-electron chi connectivity index (χ0n) is 9.18. The SMILES string of the molecule is C=CC(=O)OCCC(C)(Br)C(C)C.N. The summed E-state index contributed by atoms with van der Waals surface area (Å²) in [7, 11) is 0. The molecular formula is C10H20BrNO2. The van der Waals surface area contributed by atoms with E-state index in [4.69, 9.17) is 4.74 Å². The van der Waals surface area contributed by atoms with E-state index in [-0.39, 0.29) is 16.4 Å². The van der Waals surface area contributed by atoms with E-state index >= 15 is 0 Å². The summed E-state index contributed by atoms with van der Waals surface area (Å²) in [6.07, 6.45) is 1.99. The van der Waals surface area contributed by atoms with Crippen LogP contribution in [-0.4, -0.2) is 16.9 Å². The summed E-state index contributed by atoms with van der Waals surface area (Å²) in [5, 5.41) is 0. The van der Waals surface area contributed by atoms with Crippen LogP contribution in [0.4, 0.5) is 0 Å². The van der Waals surface area contributed by atoms with E-state index in [0.29, 0.717) is 12.5 Å². The zero-order valence-corrected chi connectivity index (χ0v) is 10.8. The van der Waals surface area contributed by atoms with Crippen LogP contribution < -0.4 is 6.15 Å². The van der Waals surface area contributed by atoms with Crippen LogP contribution >= 0.6 is 15.9 Å². The fourth-order valence-electron chi connectivity index (χ4n) is 0.699. The van der Waals surface area contributed by atoms with Crippen LogP contribution in [0.25, 0.3) is 0 Å². The third kappa shape index (κ3) is 6.16. The van der Waals surface area contributed by atoms with Gasteiger partial charge in [-0.25, -0.2) is 4.79 Å². The molecule has 3 nitrogen and oxygen atoms in total. The quantitative estimate of drug-likeness (QED) is 0.472. The molecule has 0 radical (unpaired) electrons. The molecule has 4 heteroatoms. The van der Waals surface area contributed by atoms with Crippen LogP contribution in [0.5, 0.6) is 0 Å². The number of rotatable bonds is 5. The van der Waals surface area contributed by atoms with Crippen LogP contribution in [0.15, 0.2) is 12.7 Å². The van der Waals surface area contributed by atoms with E-state index in [1.54, 1.807) is 0 Å². The molecule has 3 N–H and O–H groups in total. The largest absolute Gasteiger partial charge is 0.462 e. The van der Waals surface area contributed by atoms with Crippen molar-refractivity contribution in [3.05, 3.63) is 12.7 Å². The van der Waals surface area contributed by atoms with Gasteiger partial charge in [-0.3, -0.25) is 0 Å². The highest BCUT2D eigenvalue weighted by Crippen LogP contribution is 2.30. The van der Waals surface area contributed by atoms with Gasteiger partial charge >= 0.3 is 5.97 Å².